The normalized spacial score (nSPS) is 25.7. The molecule has 1 aromatic heterocycles. The molecule has 2 aromatic rings. The molecule has 3 saturated carbocycles. The summed E-state index contributed by atoms with van der Waals surface area (Å²) in [7, 11) is 0. The predicted molar refractivity (Wildman–Crippen MR) is 113 cm³/mol. The van der Waals surface area contributed by atoms with Crippen LogP contribution in [0.5, 0.6) is 0 Å². The first-order chi connectivity index (χ1) is 14.3. The average molecular weight is 393 g/mol. The molecule has 1 aromatic carbocycles. The fourth-order valence-corrected chi connectivity index (χ4v) is 5.48. The highest BCUT2D eigenvalue weighted by Crippen LogP contribution is 2.41. The summed E-state index contributed by atoms with van der Waals surface area (Å²) in [5.41, 5.74) is 1.98. The van der Waals surface area contributed by atoms with Crippen LogP contribution in [-0.4, -0.2) is 28.0 Å². The highest BCUT2D eigenvalue weighted by Gasteiger charge is 2.37. The molecule has 0 saturated heterocycles. The van der Waals surface area contributed by atoms with Crippen molar-refractivity contribution in [1.29, 1.82) is 0 Å². The van der Waals surface area contributed by atoms with Gasteiger partial charge in [-0.05, 0) is 62.8 Å². The van der Waals surface area contributed by atoms with E-state index in [1.54, 1.807) is 0 Å². The number of benzene rings is 1. The van der Waals surface area contributed by atoms with Gasteiger partial charge in [-0.1, -0.05) is 54.8 Å². The van der Waals surface area contributed by atoms with Crippen molar-refractivity contribution in [2.75, 3.05) is 0 Å². The van der Waals surface area contributed by atoms with E-state index in [1.807, 2.05) is 6.07 Å². The maximum absolute atomic E-state index is 13.6. The number of amides is 1. The molecule has 29 heavy (non-hydrogen) atoms. The van der Waals surface area contributed by atoms with E-state index in [-0.39, 0.29) is 5.91 Å². The van der Waals surface area contributed by atoms with Crippen LogP contribution in [0, 0.1) is 0 Å². The van der Waals surface area contributed by atoms with E-state index in [1.165, 1.54) is 37.7 Å². The minimum Gasteiger partial charge on any atom is -0.360 e. The van der Waals surface area contributed by atoms with E-state index in [0.29, 0.717) is 29.6 Å². The Morgan fingerprint density at radius 2 is 1.48 bits per heavy atom. The molecule has 154 valence electrons. The van der Waals surface area contributed by atoms with Crippen LogP contribution in [0.25, 0.3) is 0 Å². The van der Waals surface area contributed by atoms with Crippen LogP contribution >= 0.6 is 0 Å². The third-order valence-corrected chi connectivity index (χ3v) is 7.29. The smallest absolute Gasteiger partial charge is 0.276 e. The maximum Gasteiger partial charge on any atom is 0.276 e. The van der Waals surface area contributed by atoms with Gasteiger partial charge in [-0.3, -0.25) is 4.79 Å². The molecule has 0 spiro atoms. The second-order valence-corrected chi connectivity index (χ2v) is 9.31. The van der Waals surface area contributed by atoms with Crippen molar-refractivity contribution in [3.8, 4) is 0 Å². The van der Waals surface area contributed by atoms with Gasteiger partial charge in [0.05, 0.1) is 0 Å². The highest BCUT2D eigenvalue weighted by molar-refractivity contribution is 5.92. The van der Waals surface area contributed by atoms with Crippen molar-refractivity contribution < 1.29 is 9.32 Å². The van der Waals surface area contributed by atoms with Gasteiger partial charge in [0.25, 0.3) is 5.91 Å². The van der Waals surface area contributed by atoms with Crippen LogP contribution in [-0.2, 0) is 0 Å². The van der Waals surface area contributed by atoms with E-state index in [9.17, 15) is 4.79 Å². The van der Waals surface area contributed by atoms with Crippen molar-refractivity contribution in [1.82, 2.24) is 10.1 Å². The molecule has 0 atom stereocenters. The average Bonchev–Trinajstić information content (AvgIpc) is 3.52. The standard InChI is InChI=1S/C25H32N2O2/c28-25(23-17-24(29-26-23)20-11-12-20)27(21-9-5-2-6-10-21)22-15-13-19(14-16-22)18-7-3-1-4-8-18/h1,3-4,7-8,17,19-22H,2,5-6,9-16H2. The monoisotopic (exact) mass is 392 g/mol. The predicted octanol–water partition coefficient (Wildman–Crippen LogP) is 6.05. The minimum atomic E-state index is 0.107. The van der Waals surface area contributed by atoms with Crippen molar-refractivity contribution in [3.05, 3.63) is 53.4 Å². The largest absolute Gasteiger partial charge is 0.360 e. The van der Waals surface area contributed by atoms with Gasteiger partial charge in [0.15, 0.2) is 5.69 Å². The van der Waals surface area contributed by atoms with Crippen molar-refractivity contribution in [2.45, 2.75) is 94.5 Å². The first kappa shape index (κ1) is 18.9. The molecule has 4 nitrogen and oxygen atoms in total. The summed E-state index contributed by atoms with van der Waals surface area (Å²) < 4.78 is 5.51. The lowest BCUT2D eigenvalue weighted by Gasteiger charge is -2.42. The summed E-state index contributed by atoms with van der Waals surface area (Å²) in [5.74, 6) is 2.14. The van der Waals surface area contributed by atoms with Crippen molar-refractivity contribution >= 4 is 5.91 Å². The fourth-order valence-electron chi connectivity index (χ4n) is 5.48. The summed E-state index contributed by atoms with van der Waals surface area (Å²) in [5, 5.41) is 4.18. The van der Waals surface area contributed by atoms with Gasteiger partial charge in [0.2, 0.25) is 0 Å². The zero-order chi connectivity index (χ0) is 19.6. The Morgan fingerprint density at radius 1 is 0.828 bits per heavy atom. The summed E-state index contributed by atoms with van der Waals surface area (Å²) >= 11 is 0. The zero-order valence-electron chi connectivity index (χ0n) is 17.3. The Bertz CT molecular complexity index is 812. The van der Waals surface area contributed by atoms with E-state index >= 15 is 0 Å². The Morgan fingerprint density at radius 3 is 2.17 bits per heavy atom. The number of nitrogens with zero attached hydrogens (tertiary/aromatic N) is 2. The third kappa shape index (κ3) is 4.12. The SMILES string of the molecule is O=C(c1cc(C2CC2)on1)N(C1CCCCC1)C1CCC(c2ccccc2)CC1. The molecular formula is C25H32N2O2. The third-order valence-electron chi connectivity index (χ3n) is 7.29. The minimum absolute atomic E-state index is 0.107. The van der Waals surface area contributed by atoms with Gasteiger partial charge in [-0.2, -0.15) is 0 Å². The summed E-state index contributed by atoms with van der Waals surface area (Å²) in [6.45, 7) is 0. The molecule has 0 bridgehead atoms. The molecule has 1 amide bonds. The zero-order valence-corrected chi connectivity index (χ0v) is 17.3. The highest BCUT2D eigenvalue weighted by atomic mass is 16.5. The topological polar surface area (TPSA) is 46.3 Å². The number of rotatable bonds is 5. The molecule has 4 heteroatoms. The molecule has 0 aliphatic heterocycles. The molecule has 0 unspecified atom stereocenters. The lowest BCUT2D eigenvalue weighted by molar-refractivity contribution is 0.0427. The van der Waals surface area contributed by atoms with Crippen molar-refractivity contribution in [3.63, 3.8) is 0 Å². The Hall–Kier alpha value is -2.10. The number of carbonyl (C=O) groups is 1. The van der Waals surface area contributed by atoms with Crippen LogP contribution in [0.2, 0.25) is 0 Å². The van der Waals surface area contributed by atoms with Gasteiger partial charge in [0.1, 0.15) is 5.76 Å². The number of hydrogen-bond acceptors (Lipinski definition) is 3. The molecule has 0 radical (unpaired) electrons. The van der Waals surface area contributed by atoms with Gasteiger partial charge in [0, 0.05) is 24.1 Å². The fraction of sp³-hybridized carbons (Fsp3) is 0.600. The van der Waals surface area contributed by atoms with Gasteiger partial charge < -0.3 is 9.42 Å². The van der Waals surface area contributed by atoms with Gasteiger partial charge >= 0.3 is 0 Å². The van der Waals surface area contributed by atoms with Crippen molar-refractivity contribution in [2.24, 2.45) is 0 Å². The number of hydrogen-bond donors (Lipinski definition) is 0. The molecule has 5 rings (SSSR count). The van der Waals surface area contributed by atoms with Crippen LogP contribution in [0.15, 0.2) is 40.9 Å². The van der Waals surface area contributed by atoms with E-state index in [0.717, 1.165) is 44.3 Å². The Balaban J connectivity index is 1.32. The first-order valence-electron chi connectivity index (χ1n) is 11.6. The quantitative estimate of drug-likeness (QED) is 0.622. The lowest BCUT2D eigenvalue weighted by atomic mass is 9.80. The first-order valence-corrected chi connectivity index (χ1v) is 11.6. The van der Waals surface area contributed by atoms with Crippen LogP contribution in [0.1, 0.15) is 104 Å². The number of aromatic nitrogens is 1. The summed E-state index contributed by atoms with van der Waals surface area (Å²) in [6, 6.07) is 13.5. The van der Waals surface area contributed by atoms with E-state index < -0.39 is 0 Å². The lowest BCUT2D eigenvalue weighted by Crippen LogP contribution is -2.49. The summed E-state index contributed by atoms with van der Waals surface area (Å²) in [6.07, 6.45) is 12.9. The molecule has 1 heterocycles. The van der Waals surface area contributed by atoms with E-state index in [4.69, 9.17) is 4.52 Å². The second kappa shape index (κ2) is 8.33. The molecule has 3 aliphatic rings. The Labute approximate surface area is 173 Å². The Kier molecular flexibility index (Phi) is 5.43. The second-order valence-electron chi connectivity index (χ2n) is 9.31. The molecule has 3 fully saturated rings. The molecular weight excluding hydrogens is 360 g/mol. The van der Waals surface area contributed by atoms with Gasteiger partial charge in [-0.25, -0.2) is 0 Å². The van der Waals surface area contributed by atoms with Crippen LogP contribution < -0.4 is 0 Å². The molecule has 0 N–H and O–H groups in total. The molecule has 3 aliphatic carbocycles. The van der Waals surface area contributed by atoms with Crippen LogP contribution in [0.4, 0.5) is 0 Å². The van der Waals surface area contributed by atoms with Crippen LogP contribution in [0.3, 0.4) is 0 Å². The number of carbonyl (C=O) groups excluding carboxylic acids is 1. The van der Waals surface area contributed by atoms with Gasteiger partial charge in [-0.15, -0.1) is 0 Å². The summed E-state index contributed by atoms with van der Waals surface area (Å²) in [4.78, 5) is 15.8. The maximum atomic E-state index is 13.6. The van der Waals surface area contributed by atoms with E-state index in [2.05, 4.69) is 40.4 Å².